The van der Waals surface area contributed by atoms with E-state index < -0.39 is 5.60 Å². The summed E-state index contributed by atoms with van der Waals surface area (Å²) in [7, 11) is 0. The van der Waals surface area contributed by atoms with E-state index in [2.05, 4.69) is 0 Å². The normalized spacial score (nSPS) is 11.5. The zero-order chi connectivity index (χ0) is 13.1. The molecule has 102 valence electrons. The summed E-state index contributed by atoms with van der Waals surface area (Å²) in [6.45, 7) is 7.36. The van der Waals surface area contributed by atoms with Gasteiger partial charge in [-0.1, -0.05) is 0 Å². The van der Waals surface area contributed by atoms with Crippen molar-refractivity contribution in [3.8, 4) is 0 Å². The molecule has 5 nitrogen and oxygen atoms in total. The van der Waals surface area contributed by atoms with Crippen LogP contribution in [0.5, 0.6) is 0 Å². The lowest BCUT2D eigenvalue weighted by Crippen LogP contribution is -2.23. The fourth-order valence-corrected chi connectivity index (χ4v) is 1.10. The Labute approximate surface area is 103 Å². The second kappa shape index (κ2) is 9.39. The van der Waals surface area contributed by atoms with E-state index in [9.17, 15) is 4.79 Å². The predicted octanol–water partition coefficient (Wildman–Crippen LogP) is 1.13. The monoisotopic (exact) mass is 248 g/mol. The molecule has 0 amide bonds. The molecule has 0 aliphatic heterocycles. The Morgan fingerprint density at radius 2 is 1.65 bits per heavy atom. The van der Waals surface area contributed by atoms with Crippen LogP contribution in [0.15, 0.2) is 0 Å². The van der Waals surface area contributed by atoms with Gasteiger partial charge in [0.25, 0.3) is 0 Å². The van der Waals surface area contributed by atoms with Crippen LogP contribution < -0.4 is 0 Å². The van der Waals surface area contributed by atoms with Gasteiger partial charge in [-0.3, -0.25) is 4.79 Å². The van der Waals surface area contributed by atoms with E-state index in [-0.39, 0.29) is 12.6 Å². The molecule has 0 heterocycles. The highest BCUT2D eigenvalue weighted by Gasteiger charge is 2.15. The molecule has 0 aliphatic carbocycles. The van der Waals surface area contributed by atoms with Crippen LogP contribution in [0, 0.1) is 0 Å². The van der Waals surface area contributed by atoms with Gasteiger partial charge in [0.2, 0.25) is 0 Å². The lowest BCUT2D eigenvalue weighted by atomic mass is 10.2. The van der Waals surface area contributed by atoms with Gasteiger partial charge < -0.3 is 19.3 Å². The molecule has 0 saturated heterocycles. The third kappa shape index (κ3) is 13.3. The van der Waals surface area contributed by atoms with Gasteiger partial charge in [-0.2, -0.15) is 0 Å². The second-order valence-electron chi connectivity index (χ2n) is 4.64. The first-order chi connectivity index (χ1) is 7.95. The van der Waals surface area contributed by atoms with Gasteiger partial charge in [-0.15, -0.1) is 0 Å². The number of carbonyl (C=O) groups excluding carboxylic acids is 1. The number of ether oxygens (including phenoxy) is 3. The molecule has 17 heavy (non-hydrogen) atoms. The highest BCUT2D eigenvalue weighted by Crippen LogP contribution is 2.08. The number of rotatable bonds is 9. The molecule has 0 bridgehead atoms. The first-order valence-electron chi connectivity index (χ1n) is 5.94. The van der Waals surface area contributed by atoms with Gasteiger partial charge in [-0.05, 0) is 27.2 Å². The lowest BCUT2D eigenvalue weighted by Gasteiger charge is -2.19. The number of carbonyl (C=O) groups is 1. The minimum atomic E-state index is -0.421. The Balaban J connectivity index is 3.25. The van der Waals surface area contributed by atoms with Crippen molar-refractivity contribution in [1.82, 2.24) is 0 Å². The molecule has 5 heteroatoms. The smallest absolute Gasteiger partial charge is 0.306 e. The van der Waals surface area contributed by atoms with E-state index in [0.717, 1.165) is 0 Å². The summed E-state index contributed by atoms with van der Waals surface area (Å²) >= 11 is 0. The Morgan fingerprint density at radius 1 is 1.06 bits per heavy atom. The molecular weight excluding hydrogens is 224 g/mol. The van der Waals surface area contributed by atoms with E-state index in [4.69, 9.17) is 19.3 Å². The fourth-order valence-electron chi connectivity index (χ4n) is 1.10. The Hall–Kier alpha value is -0.650. The van der Waals surface area contributed by atoms with Crippen molar-refractivity contribution in [3.63, 3.8) is 0 Å². The molecule has 0 unspecified atom stereocenters. The van der Waals surface area contributed by atoms with Gasteiger partial charge in [0.05, 0.1) is 26.4 Å². The van der Waals surface area contributed by atoms with Crippen molar-refractivity contribution in [1.29, 1.82) is 0 Å². The van der Waals surface area contributed by atoms with Crippen LogP contribution in [-0.2, 0) is 19.0 Å². The number of esters is 1. The summed E-state index contributed by atoms with van der Waals surface area (Å²) in [5.74, 6) is -0.197. The summed E-state index contributed by atoms with van der Waals surface area (Å²) in [5, 5.41) is 8.44. The molecule has 0 aliphatic rings. The SMILES string of the molecule is CC(C)(C)OC(=O)CCCOCCOCCO. The molecular formula is C12H24O5. The molecule has 0 radical (unpaired) electrons. The fraction of sp³-hybridized carbons (Fsp3) is 0.917. The van der Waals surface area contributed by atoms with Crippen LogP contribution >= 0.6 is 0 Å². The summed E-state index contributed by atoms with van der Waals surface area (Å²) < 4.78 is 15.4. The van der Waals surface area contributed by atoms with Crippen LogP contribution in [0.1, 0.15) is 33.6 Å². The average molecular weight is 248 g/mol. The van der Waals surface area contributed by atoms with Gasteiger partial charge in [0.15, 0.2) is 0 Å². The highest BCUT2D eigenvalue weighted by molar-refractivity contribution is 5.69. The minimum absolute atomic E-state index is 0.0264. The Kier molecular flexibility index (Phi) is 9.03. The standard InChI is InChI=1S/C12H24O5/c1-12(2,3)17-11(14)5-4-7-15-9-10-16-8-6-13/h13H,4-10H2,1-3H3. The average Bonchev–Trinajstić information content (AvgIpc) is 2.19. The van der Waals surface area contributed by atoms with Crippen LogP contribution in [-0.4, -0.2) is 49.7 Å². The summed E-state index contributed by atoms with van der Waals surface area (Å²) in [5.41, 5.74) is -0.421. The second-order valence-corrected chi connectivity index (χ2v) is 4.64. The van der Waals surface area contributed by atoms with E-state index in [0.29, 0.717) is 39.3 Å². The van der Waals surface area contributed by atoms with Crippen molar-refractivity contribution in [2.24, 2.45) is 0 Å². The maximum Gasteiger partial charge on any atom is 0.306 e. The van der Waals surface area contributed by atoms with E-state index in [1.54, 1.807) is 0 Å². The minimum Gasteiger partial charge on any atom is -0.460 e. The molecule has 0 atom stereocenters. The largest absolute Gasteiger partial charge is 0.460 e. The molecule has 0 aromatic rings. The van der Waals surface area contributed by atoms with Crippen LogP contribution in [0.25, 0.3) is 0 Å². The number of aliphatic hydroxyl groups excluding tert-OH is 1. The van der Waals surface area contributed by atoms with Gasteiger partial charge in [0.1, 0.15) is 5.60 Å². The predicted molar refractivity (Wildman–Crippen MR) is 63.8 cm³/mol. The quantitative estimate of drug-likeness (QED) is 0.489. The van der Waals surface area contributed by atoms with Crippen LogP contribution in [0.2, 0.25) is 0 Å². The maximum atomic E-state index is 11.3. The zero-order valence-electron chi connectivity index (χ0n) is 11.0. The molecule has 0 rings (SSSR count). The first-order valence-corrected chi connectivity index (χ1v) is 5.94. The summed E-state index contributed by atoms with van der Waals surface area (Å²) in [4.78, 5) is 11.3. The molecule has 0 spiro atoms. The van der Waals surface area contributed by atoms with Crippen molar-refractivity contribution in [2.75, 3.05) is 33.0 Å². The molecule has 0 saturated carbocycles. The molecule has 0 fully saturated rings. The number of hydrogen-bond acceptors (Lipinski definition) is 5. The Morgan fingerprint density at radius 3 is 2.18 bits per heavy atom. The van der Waals surface area contributed by atoms with Gasteiger partial charge in [0, 0.05) is 13.0 Å². The van der Waals surface area contributed by atoms with Gasteiger partial charge in [-0.25, -0.2) is 0 Å². The van der Waals surface area contributed by atoms with Crippen molar-refractivity contribution in [3.05, 3.63) is 0 Å². The highest BCUT2D eigenvalue weighted by atomic mass is 16.6. The van der Waals surface area contributed by atoms with Crippen molar-refractivity contribution >= 4 is 5.97 Å². The third-order valence-corrected chi connectivity index (χ3v) is 1.70. The third-order valence-electron chi connectivity index (χ3n) is 1.70. The summed E-state index contributed by atoms with van der Waals surface area (Å²) in [6.07, 6.45) is 1.02. The Bertz CT molecular complexity index is 198. The molecule has 1 N–H and O–H groups in total. The van der Waals surface area contributed by atoms with Crippen LogP contribution in [0.4, 0.5) is 0 Å². The number of aliphatic hydroxyl groups is 1. The van der Waals surface area contributed by atoms with Crippen LogP contribution in [0.3, 0.4) is 0 Å². The first kappa shape index (κ1) is 16.4. The molecule has 0 aromatic heterocycles. The van der Waals surface area contributed by atoms with Crippen molar-refractivity contribution in [2.45, 2.75) is 39.2 Å². The van der Waals surface area contributed by atoms with Crippen molar-refractivity contribution < 1.29 is 24.1 Å². The maximum absolute atomic E-state index is 11.3. The topological polar surface area (TPSA) is 65.0 Å². The zero-order valence-corrected chi connectivity index (χ0v) is 11.0. The molecule has 0 aromatic carbocycles. The van der Waals surface area contributed by atoms with Gasteiger partial charge >= 0.3 is 5.97 Å². The van der Waals surface area contributed by atoms with E-state index in [1.807, 2.05) is 20.8 Å². The lowest BCUT2D eigenvalue weighted by molar-refractivity contribution is -0.155. The van der Waals surface area contributed by atoms with E-state index in [1.165, 1.54) is 0 Å². The summed E-state index contributed by atoms with van der Waals surface area (Å²) in [6, 6.07) is 0. The number of hydrogen-bond donors (Lipinski definition) is 1. The van der Waals surface area contributed by atoms with E-state index >= 15 is 0 Å².